The summed E-state index contributed by atoms with van der Waals surface area (Å²) < 4.78 is 11.0. The summed E-state index contributed by atoms with van der Waals surface area (Å²) >= 11 is 0. The SMILES string of the molecule is COC1C2CCC1C(C(=O)O)C(OC(=O)c1ccccc1)C2. The second-order valence-electron chi connectivity index (χ2n) is 6.11. The minimum atomic E-state index is -0.904. The Bertz CT molecular complexity index is 555. The van der Waals surface area contributed by atoms with Crippen molar-refractivity contribution < 1.29 is 24.2 Å². The van der Waals surface area contributed by atoms with Crippen molar-refractivity contribution in [3.8, 4) is 0 Å². The van der Waals surface area contributed by atoms with Crippen molar-refractivity contribution in [3.63, 3.8) is 0 Å². The maximum absolute atomic E-state index is 12.2. The van der Waals surface area contributed by atoms with Gasteiger partial charge in [-0.2, -0.15) is 0 Å². The molecule has 0 radical (unpaired) electrons. The fraction of sp³-hybridized carbons (Fsp3) is 0.529. The molecule has 3 rings (SSSR count). The van der Waals surface area contributed by atoms with Crippen molar-refractivity contribution in [1.29, 1.82) is 0 Å². The fourth-order valence-corrected chi connectivity index (χ4v) is 4.05. The van der Waals surface area contributed by atoms with E-state index in [1.807, 2.05) is 6.07 Å². The molecule has 5 atom stereocenters. The molecule has 118 valence electrons. The lowest BCUT2D eigenvalue weighted by molar-refractivity contribution is -0.157. The van der Waals surface area contributed by atoms with Crippen LogP contribution in [0.15, 0.2) is 30.3 Å². The maximum Gasteiger partial charge on any atom is 0.338 e. The van der Waals surface area contributed by atoms with E-state index in [0.717, 1.165) is 12.8 Å². The molecule has 1 aromatic carbocycles. The molecular weight excluding hydrogens is 284 g/mol. The van der Waals surface area contributed by atoms with Gasteiger partial charge in [0.2, 0.25) is 0 Å². The van der Waals surface area contributed by atoms with E-state index in [2.05, 4.69) is 0 Å². The number of hydrogen-bond acceptors (Lipinski definition) is 4. The molecule has 0 amide bonds. The molecule has 0 saturated heterocycles. The average molecular weight is 304 g/mol. The van der Waals surface area contributed by atoms with E-state index < -0.39 is 24.0 Å². The maximum atomic E-state index is 12.2. The second kappa shape index (κ2) is 6.08. The smallest absolute Gasteiger partial charge is 0.338 e. The summed E-state index contributed by atoms with van der Waals surface area (Å²) in [4.78, 5) is 23.9. The molecule has 0 aliphatic heterocycles. The molecule has 2 aliphatic carbocycles. The molecule has 1 aromatic rings. The zero-order valence-corrected chi connectivity index (χ0v) is 12.5. The van der Waals surface area contributed by atoms with Gasteiger partial charge in [-0.05, 0) is 37.3 Å². The number of methoxy groups -OCH3 is 1. The van der Waals surface area contributed by atoms with Crippen LogP contribution >= 0.6 is 0 Å². The van der Waals surface area contributed by atoms with Gasteiger partial charge in [0.05, 0.1) is 17.6 Å². The highest BCUT2D eigenvalue weighted by molar-refractivity contribution is 5.89. The molecule has 2 bridgehead atoms. The number of fused-ring (bicyclic) bond motifs is 2. The van der Waals surface area contributed by atoms with Gasteiger partial charge in [0.15, 0.2) is 0 Å². The highest BCUT2D eigenvalue weighted by Gasteiger charge is 2.53. The van der Waals surface area contributed by atoms with E-state index in [-0.39, 0.29) is 17.9 Å². The highest BCUT2D eigenvalue weighted by Crippen LogP contribution is 2.48. The van der Waals surface area contributed by atoms with Crippen LogP contribution in [0.3, 0.4) is 0 Å². The minimum Gasteiger partial charge on any atom is -0.481 e. The fourth-order valence-electron chi connectivity index (χ4n) is 4.05. The molecular formula is C17H20O5. The Morgan fingerprint density at radius 3 is 2.55 bits per heavy atom. The Morgan fingerprint density at radius 1 is 1.18 bits per heavy atom. The van der Waals surface area contributed by atoms with Crippen LogP contribution in [0.25, 0.3) is 0 Å². The van der Waals surface area contributed by atoms with Crippen LogP contribution < -0.4 is 0 Å². The van der Waals surface area contributed by atoms with Crippen LogP contribution in [0.1, 0.15) is 29.6 Å². The number of hydrogen-bond donors (Lipinski definition) is 1. The number of carboxylic acids is 1. The van der Waals surface area contributed by atoms with Crippen molar-refractivity contribution in [1.82, 2.24) is 0 Å². The Kier molecular flexibility index (Phi) is 4.16. The van der Waals surface area contributed by atoms with Gasteiger partial charge in [0.25, 0.3) is 0 Å². The summed E-state index contributed by atoms with van der Waals surface area (Å²) in [7, 11) is 1.63. The van der Waals surface area contributed by atoms with E-state index >= 15 is 0 Å². The molecule has 2 saturated carbocycles. The number of carbonyl (C=O) groups excluding carboxylic acids is 1. The number of carbonyl (C=O) groups is 2. The molecule has 0 heterocycles. The molecule has 2 fully saturated rings. The van der Waals surface area contributed by atoms with Gasteiger partial charge in [-0.15, -0.1) is 0 Å². The Balaban J connectivity index is 1.78. The lowest BCUT2D eigenvalue weighted by atomic mass is 9.75. The molecule has 0 spiro atoms. The van der Waals surface area contributed by atoms with Gasteiger partial charge in [-0.1, -0.05) is 18.2 Å². The summed E-state index contributed by atoms with van der Waals surface area (Å²) in [6.07, 6.45) is 1.71. The Labute approximate surface area is 129 Å². The van der Waals surface area contributed by atoms with Gasteiger partial charge in [-0.3, -0.25) is 4.79 Å². The van der Waals surface area contributed by atoms with Crippen molar-refractivity contribution >= 4 is 11.9 Å². The molecule has 5 nitrogen and oxygen atoms in total. The average Bonchev–Trinajstić information content (AvgIpc) is 2.80. The summed E-state index contributed by atoms with van der Waals surface area (Å²) in [6, 6.07) is 8.69. The summed E-state index contributed by atoms with van der Waals surface area (Å²) in [5.74, 6) is -1.84. The van der Waals surface area contributed by atoms with E-state index in [1.54, 1.807) is 31.4 Å². The van der Waals surface area contributed by atoms with Crippen LogP contribution in [0.5, 0.6) is 0 Å². The molecule has 1 N–H and O–H groups in total. The first kappa shape index (κ1) is 15.0. The summed E-state index contributed by atoms with van der Waals surface area (Å²) in [5, 5.41) is 9.58. The van der Waals surface area contributed by atoms with Crippen molar-refractivity contribution in [3.05, 3.63) is 35.9 Å². The number of rotatable bonds is 4. The third kappa shape index (κ3) is 2.61. The van der Waals surface area contributed by atoms with Crippen molar-refractivity contribution in [2.45, 2.75) is 31.5 Å². The standard InChI is InChI=1S/C17H20O5/c1-21-15-11-7-8-12(15)14(16(18)19)13(9-11)22-17(20)10-5-3-2-4-6-10/h2-6,11-15H,7-9H2,1H3,(H,18,19). The number of aliphatic carboxylic acids is 1. The van der Waals surface area contributed by atoms with Gasteiger partial charge >= 0.3 is 11.9 Å². The lowest BCUT2D eigenvalue weighted by Crippen LogP contribution is -2.47. The van der Waals surface area contributed by atoms with Gasteiger partial charge in [0, 0.05) is 13.0 Å². The number of benzene rings is 1. The third-order valence-electron chi connectivity index (χ3n) is 4.98. The van der Waals surface area contributed by atoms with E-state index in [4.69, 9.17) is 9.47 Å². The Hall–Kier alpha value is -1.88. The number of ether oxygens (including phenoxy) is 2. The lowest BCUT2D eigenvalue weighted by Gasteiger charge is -2.38. The largest absolute Gasteiger partial charge is 0.481 e. The molecule has 2 aliphatic rings. The molecule has 0 aromatic heterocycles. The normalized spacial score (nSPS) is 33.4. The highest BCUT2D eigenvalue weighted by atomic mass is 16.5. The minimum absolute atomic E-state index is 0.0345. The predicted octanol–water partition coefficient (Wildman–Crippen LogP) is 2.36. The number of carboxylic acid groups (broad SMARTS) is 1. The van der Waals surface area contributed by atoms with Crippen molar-refractivity contribution in [2.75, 3.05) is 7.11 Å². The van der Waals surface area contributed by atoms with Gasteiger partial charge in [0.1, 0.15) is 6.10 Å². The zero-order chi connectivity index (χ0) is 15.7. The van der Waals surface area contributed by atoms with Crippen LogP contribution in [0, 0.1) is 17.8 Å². The second-order valence-corrected chi connectivity index (χ2v) is 6.11. The third-order valence-corrected chi connectivity index (χ3v) is 4.98. The van der Waals surface area contributed by atoms with E-state index in [9.17, 15) is 14.7 Å². The Morgan fingerprint density at radius 2 is 1.91 bits per heavy atom. The monoisotopic (exact) mass is 304 g/mol. The van der Waals surface area contributed by atoms with Crippen molar-refractivity contribution in [2.24, 2.45) is 17.8 Å². The van der Waals surface area contributed by atoms with Crippen LogP contribution in [-0.4, -0.2) is 36.4 Å². The number of esters is 1. The van der Waals surface area contributed by atoms with E-state index in [0.29, 0.717) is 12.0 Å². The van der Waals surface area contributed by atoms with Gasteiger partial charge in [-0.25, -0.2) is 4.79 Å². The molecule has 5 unspecified atom stereocenters. The first-order chi connectivity index (χ1) is 10.6. The van der Waals surface area contributed by atoms with Crippen LogP contribution in [-0.2, 0) is 14.3 Å². The van der Waals surface area contributed by atoms with Crippen LogP contribution in [0.4, 0.5) is 0 Å². The first-order valence-corrected chi connectivity index (χ1v) is 7.63. The van der Waals surface area contributed by atoms with E-state index in [1.165, 1.54) is 0 Å². The van der Waals surface area contributed by atoms with Gasteiger partial charge < -0.3 is 14.6 Å². The predicted molar refractivity (Wildman–Crippen MR) is 78.4 cm³/mol. The van der Waals surface area contributed by atoms with Crippen LogP contribution in [0.2, 0.25) is 0 Å². The molecule has 5 heteroatoms. The summed E-state index contributed by atoms with van der Waals surface area (Å²) in [6.45, 7) is 0. The topological polar surface area (TPSA) is 72.8 Å². The zero-order valence-electron chi connectivity index (χ0n) is 12.5. The molecule has 22 heavy (non-hydrogen) atoms. The summed E-state index contributed by atoms with van der Waals surface area (Å²) in [5.41, 5.74) is 0.452. The first-order valence-electron chi connectivity index (χ1n) is 7.63. The quantitative estimate of drug-likeness (QED) is 0.864.